The molecule has 0 spiro atoms. The number of halogens is 1. The lowest BCUT2D eigenvalue weighted by atomic mass is 10.2. The van der Waals surface area contributed by atoms with E-state index in [1.54, 1.807) is 38.4 Å². The number of anilines is 1. The molecule has 0 aliphatic heterocycles. The van der Waals surface area contributed by atoms with Crippen LogP contribution in [0.15, 0.2) is 42.5 Å². The Morgan fingerprint density at radius 2 is 1.81 bits per heavy atom. The number of carbonyl (C=O) groups is 2. The summed E-state index contributed by atoms with van der Waals surface area (Å²) in [7, 11) is 3.29. The summed E-state index contributed by atoms with van der Waals surface area (Å²) >= 11 is 0. The smallest absolute Gasteiger partial charge is 0.319 e. The van der Waals surface area contributed by atoms with Crippen molar-refractivity contribution in [3.05, 3.63) is 59.4 Å². The van der Waals surface area contributed by atoms with Crippen molar-refractivity contribution < 1.29 is 18.7 Å². The zero-order valence-corrected chi connectivity index (χ0v) is 15.0. The van der Waals surface area contributed by atoms with Crippen LogP contribution in [0.2, 0.25) is 0 Å². The molecule has 6 nitrogen and oxygen atoms in total. The lowest BCUT2D eigenvalue weighted by molar-refractivity contribution is -0.130. The Balaban J connectivity index is 1.97. The summed E-state index contributed by atoms with van der Waals surface area (Å²) in [5.41, 5.74) is 2.17. The molecular formula is C19H22FN3O3. The fraction of sp³-hybridized carbons (Fsp3) is 0.263. The van der Waals surface area contributed by atoms with Gasteiger partial charge < -0.3 is 20.3 Å². The van der Waals surface area contributed by atoms with Crippen LogP contribution in [0.3, 0.4) is 0 Å². The molecule has 0 bridgehead atoms. The highest BCUT2D eigenvalue weighted by Gasteiger charge is 2.11. The van der Waals surface area contributed by atoms with Crippen molar-refractivity contribution >= 4 is 17.6 Å². The summed E-state index contributed by atoms with van der Waals surface area (Å²) in [5.74, 6) is -0.0951. The minimum absolute atomic E-state index is 0.123. The van der Waals surface area contributed by atoms with E-state index in [2.05, 4.69) is 10.6 Å². The number of nitrogens with one attached hydrogen (secondary N) is 2. The fourth-order valence-electron chi connectivity index (χ4n) is 2.07. The summed E-state index contributed by atoms with van der Waals surface area (Å²) in [6.07, 6.45) is 0. The van der Waals surface area contributed by atoms with E-state index in [1.807, 2.05) is 13.0 Å². The molecule has 2 N–H and O–H groups in total. The Labute approximate surface area is 152 Å². The van der Waals surface area contributed by atoms with Crippen LogP contribution in [0.4, 0.5) is 14.9 Å². The third-order valence-corrected chi connectivity index (χ3v) is 3.60. The van der Waals surface area contributed by atoms with Gasteiger partial charge in [0, 0.05) is 20.6 Å². The van der Waals surface area contributed by atoms with E-state index >= 15 is 0 Å². The molecule has 7 heteroatoms. The Morgan fingerprint density at radius 1 is 1.12 bits per heavy atom. The predicted molar refractivity (Wildman–Crippen MR) is 97.6 cm³/mol. The fourth-order valence-corrected chi connectivity index (χ4v) is 2.07. The SMILES string of the molecule is Cc1ccc(NC(=O)NCc2ccc(F)cc2)c(OCC(=O)N(C)C)c1. The molecule has 0 fully saturated rings. The van der Waals surface area contributed by atoms with Crippen molar-refractivity contribution in [1.82, 2.24) is 10.2 Å². The lowest BCUT2D eigenvalue weighted by Crippen LogP contribution is -2.29. The number of urea groups is 1. The molecule has 2 rings (SSSR count). The van der Waals surface area contributed by atoms with Gasteiger partial charge in [0.05, 0.1) is 5.69 Å². The van der Waals surface area contributed by atoms with Gasteiger partial charge in [-0.05, 0) is 42.3 Å². The van der Waals surface area contributed by atoms with Crippen LogP contribution < -0.4 is 15.4 Å². The Kier molecular flexibility index (Phi) is 6.54. The summed E-state index contributed by atoms with van der Waals surface area (Å²) in [6, 6.07) is 10.7. The topological polar surface area (TPSA) is 70.7 Å². The first kappa shape index (κ1) is 19.2. The van der Waals surface area contributed by atoms with Crippen LogP contribution in [-0.2, 0) is 11.3 Å². The van der Waals surface area contributed by atoms with Crippen molar-refractivity contribution in [2.24, 2.45) is 0 Å². The Hall–Kier alpha value is -3.09. The number of aryl methyl sites for hydroxylation is 1. The second kappa shape index (κ2) is 8.84. The minimum Gasteiger partial charge on any atom is -0.482 e. The van der Waals surface area contributed by atoms with Crippen molar-refractivity contribution in [2.75, 3.05) is 26.0 Å². The number of benzene rings is 2. The number of carbonyl (C=O) groups excluding carboxylic acids is 2. The number of hydrogen-bond donors (Lipinski definition) is 2. The highest BCUT2D eigenvalue weighted by Crippen LogP contribution is 2.25. The van der Waals surface area contributed by atoms with E-state index in [4.69, 9.17) is 4.74 Å². The average Bonchev–Trinajstić information content (AvgIpc) is 2.61. The number of likely N-dealkylation sites (N-methyl/N-ethyl adjacent to an activating group) is 1. The van der Waals surface area contributed by atoms with Gasteiger partial charge in [0.25, 0.3) is 5.91 Å². The molecule has 0 heterocycles. The van der Waals surface area contributed by atoms with E-state index < -0.39 is 6.03 Å². The van der Waals surface area contributed by atoms with E-state index in [1.165, 1.54) is 17.0 Å². The molecule has 0 aromatic heterocycles. The van der Waals surface area contributed by atoms with E-state index in [0.29, 0.717) is 11.4 Å². The second-order valence-corrected chi connectivity index (χ2v) is 6.01. The van der Waals surface area contributed by atoms with Gasteiger partial charge in [0.15, 0.2) is 6.61 Å². The average molecular weight is 359 g/mol. The number of nitrogens with zero attached hydrogens (tertiary/aromatic N) is 1. The van der Waals surface area contributed by atoms with Gasteiger partial charge in [-0.15, -0.1) is 0 Å². The highest BCUT2D eigenvalue weighted by molar-refractivity contribution is 5.91. The minimum atomic E-state index is -0.429. The van der Waals surface area contributed by atoms with Gasteiger partial charge in [-0.1, -0.05) is 18.2 Å². The first-order valence-electron chi connectivity index (χ1n) is 8.08. The molecule has 0 radical (unpaired) electrons. The summed E-state index contributed by atoms with van der Waals surface area (Å²) < 4.78 is 18.4. The first-order chi connectivity index (χ1) is 12.3. The van der Waals surface area contributed by atoms with Gasteiger partial charge in [-0.2, -0.15) is 0 Å². The molecule has 26 heavy (non-hydrogen) atoms. The zero-order valence-electron chi connectivity index (χ0n) is 15.0. The van der Waals surface area contributed by atoms with Crippen LogP contribution >= 0.6 is 0 Å². The molecule has 0 unspecified atom stereocenters. The van der Waals surface area contributed by atoms with Crippen LogP contribution in [-0.4, -0.2) is 37.5 Å². The molecule has 2 aromatic carbocycles. The van der Waals surface area contributed by atoms with E-state index in [9.17, 15) is 14.0 Å². The number of rotatable bonds is 6. The van der Waals surface area contributed by atoms with Gasteiger partial charge in [-0.3, -0.25) is 4.79 Å². The molecule has 3 amide bonds. The quantitative estimate of drug-likeness (QED) is 0.833. The first-order valence-corrected chi connectivity index (χ1v) is 8.08. The van der Waals surface area contributed by atoms with Gasteiger partial charge in [-0.25, -0.2) is 9.18 Å². The largest absolute Gasteiger partial charge is 0.482 e. The monoisotopic (exact) mass is 359 g/mol. The van der Waals surface area contributed by atoms with Crippen molar-refractivity contribution in [1.29, 1.82) is 0 Å². The van der Waals surface area contributed by atoms with Crippen LogP contribution in [0.1, 0.15) is 11.1 Å². The highest BCUT2D eigenvalue weighted by atomic mass is 19.1. The standard InChI is InChI=1S/C19H22FN3O3/c1-13-4-9-16(17(10-13)26-12-18(24)23(2)3)22-19(25)21-11-14-5-7-15(20)8-6-14/h4-10H,11-12H2,1-3H3,(H2,21,22,25). The van der Waals surface area contributed by atoms with Crippen LogP contribution in [0.5, 0.6) is 5.75 Å². The second-order valence-electron chi connectivity index (χ2n) is 6.01. The predicted octanol–water partition coefficient (Wildman–Crippen LogP) is 2.92. The van der Waals surface area contributed by atoms with Gasteiger partial charge in [0.2, 0.25) is 0 Å². The molecule has 0 saturated carbocycles. The molecule has 138 valence electrons. The normalized spacial score (nSPS) is 10.2. The molecule has 0 aliphatic carbocycles. The number of amides is 3. The third-order valence-electron chi connectivity index (χ3n) is 3.60. The molecule has 0 saturated heterocycles. The maximum atomic E-state index is 12.9. The molecule has 0 atom stereocenters. The summed E-state index contributed by atoms with van der Waals surface area (Å²) in [4.78, 5) is 25.2. The zero-order chi connectivity index (χ0) is 19.1. The molecule has 2 aromatic rings. The van der Waals surface area contributed by atoms with Crippen molar-refractivity contribution in [2.45, 2.75) is 13.5 Å². The van der Waals surface area contributed by atoms with Crippen LogP contribution in [0.25, 0.3) is 0 Å². The van der Waals surface area contributed by atoms with E-state index in [-0.39, 0.29) is 24.9 Å². The number of hydrogen-bond acceptors (Lipinski definition) is 3. The third kappa shape index (κ3) is 5.77. The van der Waals surface area contributed by atoms with E-state index in [0.717, 1.165) is 11.1 Å². The van der Waals surface area contributed by atoms with Crippen LogP contribution in [0, 0.1) is 12.7 Å². The Morgan fingerprint density at radius 3 is 2.46 bits per heavy atom. The van der Waals surface area contributed by atoms with Crippen molar-refractivity contribution in [3.8, 4) is 5.75 Å². The Bertz CT molecular complexity index is 776. The maximum Gasteiger partial charge on any atom is 0.319 e. The molecular weight excluding hydrogens is 337 g/mol. The lowest BCUT2D eigenvalue weighted by Gasteiger charge is -2.15. The van der Waals surface area contributed by atoms with Gasteiger partial charge in [0.1, 0.15) is 11.6 Å². The maximum absolute atomic E-state index is 12.9. The van der Waals surface area contributed by atoms with Crippen molar-refractivity contribution in [3.63, 3.8) is 0 Å². The number of ether oxygens (including phenoxy) is 1. The summed E-state index contributed by atoms with van der Waals surface area (Å²) in [6.45, 7) is 2.02. The summed E-state index contributed by atoms with van der Waals surface area (Å²) in [5, 5.41) is 5.39. The van der Waals surface area contributed by atoms with Gasteiger partial charge >= 0.3 is 6.03 Å². The molecule has 0 aliphatic rings.